The van der Waals surface area contributed by atoms with Gasteiger partial charge in [-0.25, -0.2) is 0 Å². The lowest BCUT2D eigenvalue weighted by atomic mass is 10.5. The van der Waals surface area contributed by atoms with Crippen LogP contribution < -0.4 is 5.32 Å². The number of hydrogen-bond acceptors (Lipinski definition) is 8. The number of aryl methyl sites for hydroxylation is 1. The predicted octanol–water partition coefficient (Wildman–Crippen LogP) is 1.21. The summed E-state index contributed by atoms with van der Waals surface area (Å²) in [6, 6.07) is 0. The number of amides is 1. The van der Waals surface area contributed by atoms with Crippen molar-refractivity contribution >= 4 is 34.1 Å². The quantitative estimate of drug-likeness (QED) is 0.817. The van der Waals surface area contributed by atoms with E-state index in [-0.39, 0.29) is 11.7 Å². The molecule has 0 fully saturated rings. The van der Waals surface area contributed by atoms with Gasteiger partial charge in [0, 0.05) is 6.42 Å². The molecule has 0 aliphatic carbocycles. The maximum absolute atomic E-state index is 11.5. The normalized spacial score (nSPS) is 10.4. The molecular formula is C8H9N5O2S2. The van der Waals surface area contributed by atoms with E-state index in [2.05, 4.69) is 25.7 Å². The number of hydrogen-bond donors (Lipinski definition) is 1. The van der Waals surface area contributed by atoms with Crippen LogP contribution in [0.1, 0.15) is 12.8 Å². The molecule has 0 unspecified atom stereocenters. The van der Waals surface area contributed by atoms with Gasteiger partial charge in [0.25, 0.3) is 5.22 Å². The van der Waals surface area contributed by atoms with E-state index in [1.807, 2.05) is 6.92 Å². The molecule has 0 spiro atoms. The molecule has 0 atom stereocenters. The minimum Gasteiger partial charge on any atom is -0.416 e. The van der Waals surface area contributed by atoms with Crippen LogP contribution in [-0.4, -0.2) is 32.1 Å². The van der Waals surface area contributed by atoms with Crippen molar-refractivity contribution in [3.63, 3.8) is 0 Å². The van der Waals surface area contributed by atoms with Gasteiger partial charge >= 0.3 is 0 Å². The van der Waals surface area contributed by atoms with Gasteiger partial charge in [0.15, 0.2) is 0 Å². The van der Waals surface area contributed by atoms with E-state index in [9.17, 15) is 4.79 Å². The Morgan fingerprint density at radius 3 is 3.06 bits per heavy atom. The monoisotopic (exact) mass is 271 g/mol. The first-order valence-electron chi connectivity index (χ1n) is 4.79. The number of thioether (sulfide) groups is 1. The summed E-state index contributed by atoms with van der Waals surface area (Å²) in [6.07, 6.45) is 0.685. The molecule has 0 aliphatic rings. The Kier molecular flexibility index (Phi) is 4.04. The summed E-state index contributed by atoms with van der Waals surface area (Å²) >= 11 is 2.46. The van der Waals surface area contributed by atoms with Crippen LogP contribution in [0.3, 0.4) is 0 Å². The molecule has 2 rings (SSSR count). The molecule has 2 aromatic heterocycles. The Morgan fingerprint density at radius 1 is 1.53 bits per heavy atom. The minimum atomic E-state index is -0.178. The zero-order chi connectivity index (χ0) is 12.1. The van der Waals surface area contributed by atoms with Crippen LogP contribution in [-0.2, 0) is 11.2 Å². The second-order valence-electron chi connectivity index (χ2n) is 2.90. The highest BCUT2D eigenvalue weighted by molar-refractivity contribution is 7.99. The number of aromatic nitrogens is 4. The first-order chi connectivity index (χ1) is 8.28. The van der Waals surface area contributed by atoms with E-state index >= 15 is 0 Å². The lowest BCUT2D eigenvalue weighted by Crippen LogP contribution is -2.13. The van der Waals surface area contributed by atoms with Gasteiger partial charge in [-0.3, -0.25) is 10.1 Å². The van der Waals surface area contributed by atoms with Crippen molar-refractivity contribution in [1.82, 2.24) is 20.4 Å². The maximum atomic E-state index is 11.5. The molecule has 7 nitrogen and oxygen atoms in total. The summed E-state index contributed by atoms with van der Waals surface area (Å²) in [5.41, 5.74) is 1.55. The third-order valence-corrected chi connectivity index (χ3v) is 3.11. The Morgan fingerprint density at radius 2 is 2.41 bits per heavy atom. The Bertz CT molecular complexity index is 484. The average Bonchev–Trinajstić information content (AvgIpc) is 2.96. The van der Waals surface area contributed by atoms with Crippen molar-refractivity contribution in [2.24, 2.45) is 0 Å². The standard InChI is InChI=1S/C8H9N5O2S2/c1-2-6-11-13-8(15-6)16-3-5(14)10-7-12-9-4-17-7/h4H,2-3H2,1H3,(H,10,12,14). The van der Waals surface area contributed by atoms with Gasteiger partial charge in [0.2, 0.25) is 16.9 Å². The molecule has 2 heterocycles. The van der Waals surface area contributed by atoms with Gasteiger partial charge in [-0.2, -0.15) is 0 Å². The Balaban J connectivity index is 1.79. The number of carbonyl (C=O) groups excluding carboxylic acids is 1. The fourth-order valence-electron chi connectivity index (χ4n) is 0.950. The fraction of sp³-hybridized carbons (Fsp3) is 0.375. The third kappa shape index (κ3) is 3.49. The summed E-state index contributed by atoms with van der Waals surface area (Å²) < 4.78 is 5.25. The second-order valence-corrected chi connectivity index (χ2v) is 4.66. The molecule has 0 aliphatic heterocycles. The average molecular weight is 271 g/mol. The highest BCUT2D eigenvalue weighted by Crippen LogP contribution is 2.17. The fourth-order valence-corrected chi connectivity index (χ4v) is 1.99. The molecule has 2 aromatic rings. The van der Waals surface area contributed by atoms with Crippen LogP contribution in [0.15, 0.2) is 15.2 Å². The summed E-state index contributed by atoms with van der Waals surface area (Å²) in [4.78, 5) is 11.5. The highest BCUT2D eigenvalue weighted by Gasteiger charge is 2.09. The van der Waals surface area contributed by atoms with E-state index in [1.54, 1.807) is 5.51 Å². The van der Waals surface area contributed by atoms with E-state index in [4.69, 9.17) is 4.42 Å². The van der Waals surface area contributed by atoms with E-state index in [0.29, 0.717) is 22.7 Å². The van der Waals surface area contributed by atoms with Crippen LogP contribution in [0.25, 0.3) is 0 Å². The van der Waals surface area contributed by atoms with Crippen molar-refractivity contribution in [3.05, 3.63) is 11.4 Å². The van der Waals surface area contributed by atoms with Gasteiger partial charge in [0.1, 0.15) is 5.51 Å². The second kappa shape index (κ2) is 5.73. The lowest BCUT2D eigenvalue weighted by molar-refractivity contribution is -0.113. The summed E-state index contributed by atoms with van der Waals surface area (Å²) in [5, 5.41) is 18.4. The Labute approximate surface area is 105 Å². The van der Waals surface area contributed by atoms with Crippen LogP contribution in [0.5, 0.6) is 0 Å². The largest absolute Gasteiger partial charge is 0.416 e. The van der Waals surface area contributed by atoms with Gasteiger partial charge < -0.3 is 4.42 Å². The molecule has 0 radical (unpaired) electrons. The predicted molar refractivity (Wildman–Crippen MR) is 62.9 cm³/mol. The lowest BCUT2D eigenvalue weighted by Gasteiger charge is -1.97. The van der Waals surface area contributed by atoms with Crippen LogP contribution in [0.4, 0.5) is 5.13 Å². The molecule has 0 aromatic carbocycles. The molecule has 0 saturated heterocycles. The summed E-state index contributed by atoms with van der Waals surface area (Å²) in [6.45, 7) is 1.92. The molecule has 9 heteroatoms. The first kappa shape index (κ1) is 12.0. The number of carbonyl (C=O) groups is 1. The molecule has 1 amide bonds. The SMILES string of the molecule is CCc1nnc(SCC(=O)Nc2nncs2)o1. The molecule has 1 N–H and O–H groups in total. The number of anilines is 1. The van der Waals surface area contributed by atoms with Crippen molar-refractivity contribution in [2.75, 3.05) is 11.1 Å². The van der Waals surface area contributed by atoms with Crippen molar-refractivity contribution in [1.29, 1.82) is 0 Å². The summed E-state index contributed by atoms with van der Waals surface area (Å²) in [5.74, 6) is 0.588. The third-order valence-electron chi connectivity index (χ3n) is 1.68. The van der Waals surface area contributed by atoms with E-state index < -0.39 is 0 Å². The zero-order valence-electron chi connectivity index (χ0n) is 8.91. The molecule has 0 bridgehead atoms. The summed E-state index contributed by atoms with van der Waals surface area (Å²) in [7, 11) is 0. The van der Waals surface area contributed by atoms with Gasteiger partial charge in [-0.1, -0.05) is 30.0 Å². The molecule has 90 valence electrons. The Hall–Kier alpha value is -1.48. The topological polar surface area (TPSA) is 93.8 Å². The van der Waals surface area contributed by atoms with Crippen molar-refractivity contribution < 1.29 is 9.21 Å². The van der Waals surface area contributed by atoms with Gasteiger partial charge in [0.05, 0.1) is 5.75 Å². The first-order valence-corrected chi connectivity index (χ1v) is 6.65. The van der Waals surface area contributed by atoms with Crippen molar-refractivity contribution in [2.45, 2.75) is 18.6 Å². The zero-order valence-corrected chi connectivity index (χ0v) is 10.5. The number of nitrogens with one attached hydrogen (secondary N) is 1. The van der Waals surface area contributed by atoms with Crippen LogP contribution in [0.2, 0.25) is 0 Å². The van der Waals surface area contributed by atoms with Gasteiger partial charge in [-0.15, -0.1) is 20.4 Å². The smallest absolute Gasteiger partial charge is 0.277 e. The molecule has 0 saturated carbocycles. The number of nitrogens with zero attached hydrogens (tertiary/aromatic N) is 4. The highest BCUT2D eigenvalue weighted by atomic mass is 32.2. The molecular weight excluding hydrogens is 262 g/mol. The van der Waals surface area contributed by atoms with E-state index in [0.717, 1.165) is 0 Å². The maximum Gasteiger partial charge on any atom is 0.277 e. The van der Waals surface area contributed by atoms with Gasteiger partial charge in [-0.05, 0) is 0 Å². The van der Waals surface area contributed by atoms with Crippen LogP contribution in [0, 0.1) is 0 Å². The van der Waals surface area contributed by atoms with Crippen LogP contribution >= 0.6 is 23.1 Å². The van der Waals surface area contributed by atoms with E-state index in [1.165, 1.54) is 23.1 Å². The van der Waals surface area contributed by atoms with Crippen molar-refractivity contribution in [3.8, 4) is 0 Å². The molecule has 17 heavy (non-hydrogen) atoms. The minimum absolute atomic E-state index is 0.178. The number of rotatable bonds is 5.